The minimum atomic E-state index is -3.08. The minimum absolute atomic E-state index is 0.0160. The highest BCUT2D eigenvalue weighted by atomic mass is 35.5. The number of piperidine rings is 2. The second kappa shape index (κ2) is 7.34. The maximum absolute atomic E-state index is 14.2. The van der Waals surface area contributed by atoms with Gasteiger partial charge in [0.2, 0.25) is 11.8 Å². The first kappa shape index (κ1) is 18.8. The van der Waals surface area contributed by atoms with Gasteiger partial charge in [0.05, 0.1) is 17.6 Å². The molecular formula is C17H20ClF2N3O3. The van der Waals surface area contributed by atoms with Crippen molar-refractivity contribution in [1.29, 1.82) is 0 Å². The summed E-state index contributed by atoms with van der Waals surface area (Å²) >= 11 is 5.71. The van der Waals surface area contributed by atoms with Gasteiger partial charge in [0.25, 0.3) is 5.92 Å². The molecule has 0 radical (unpaired) electrons. The van der Waals surface area contributed by atoms with E-state index < -0.39 is 31.0 Å². The van der Waals surface area contributed by atoms with Crippen molar-refractivity contribution in [3.8, 4) is 5.88 Å². The first-order valence-electron chi connectivity index (χ1n) is 8.49. The van der Waals surface area contributed by atoms with Gasteiger partial charge >= 0.3 is 6.09 Å². The number of pyridine rings is 1. The van der Waals surface area contributed by atoms with E-state index in [2.05, 4.69) is 4.98 Å². The zero-order valence-corrected chi connectivity index (χ0v) is 15.1. The van der Waals surface area contributed by atoms with Crippen LogP contribution >= 0.6 is 11.6 Å². The van der Waals surface area contributed by atoms with Gasteiger partial charge < -0.3 is 9.64 Å². The quantitative estimate of drug-likeness (QED) is 0.781. The van der Waals surface area contributed by atoms with Crippen LogP contribution in [0.15, 0.2) is 18.3 Å². The molecular weight excluding hydrogens is 368 g/mol. The van der Waals surface area contributed by atoms with Gasteiger partial charge in [-0.3, -0.25) is 9.69 Å². The monoisotopic (exact) mass is 387 g/mol. The van der Waals surface area contributed by atoms with E-state index in [4.69, 9.17) is 16.3 Å². The maximum atomic E-state index is 14.2. The first-order chi connectivity index (χ1) is 12.2. The second-order valence-corrected chi connectivity index (χ2v) is 7.40. The van der Waals surface area contributed by atoms with Crippen LogP contribution in [-0.2, 0) is 4.79 Å². The van der Waals surface area contributed by atoms with Crippen molar-refractivity contribution in [3.05, 3.63) is 23.4 Å². The Kier molecular flexibility index (Phi) is 5.32. The average molecular weight is 388 g/mol. The van der Waals surface area contributed by atoms with Gasteiger partial charge in [-0.05, 0) is 18.4 Å². The molecule has 6 nitrogen and oxygen atoms in total. The number of alkyl halides is 2. The number of carbonyl (C=O) groups excluding carboxylic acids is 2. The van der Waals surface area contributed by atoms with Gasteiger partial charge in [0.1, 0.15) is 0 Å². The van der Waals surface area contributed by atoms with E-state index in [1.807, 2.05) is 6.92 Å². The number of amides is 2. The number of carbonyl (C=O) groups is 2. The lowest BCUT2D eigenvalue weighted by Crippen LogP contribution is -2.59. The molecule has 0 saturated carbocycles. The zero-order chi connectivity index (χ0) is 18.9. The van der Waals surface area contributed by atoms with Gasteiger partial charge in [-0.15, -0.1) is 0 Å². The minimum Gasteiger partial charge on any atom is -0.391 e. The van der Waals surface area contributed by atoms with Crippen LogP contribution in [-0.4, -0.2) is 58.4 Å². The molecule has 3 rings (SSSR count). The Hall–Kier alpha value is -1.96. The van der Waals surface area contributed by atoms with E-state index in [9.17, 15) is 18.4 Å². The molecule has 0 bridgehead atoms. The summed E-state index contributed by atoms with van der Waals surface area (Å²) in [5.74, 6) is -3.00. The fourth-order valence-electron chi connectivity index (χ4n) is 3.38. The molecule has 2 atom stereocenters. The SMILES string of the molecule is CC1CCN([C@H]2CN(C(=O)Oc3ccc(Cl)cn3)CC(F)(F)C2)C(=O)C1. The molecule has 1 aromatic rings. The molecule has 9 heteroatoms. The lowest BCUT2D eigenvalue weighted by molar-refractivity contribution is -0.144. The van der Waals surface area contributed by atoms with Crippen molar-refractivity contribution < 1.29 is 23.1 Å². The topological polar surface area (TPSA) is 62.7 Å². The maximum Gasteiger partial charge on any atom is 0.416 e. The molecule has 0 spiro atoms. The van der Waals surface area contributed by atoms with Gasteiger partial charge in [-0.25, -0.2) is 18.6 Å². The normalized spacial score (nSPS) is 25.9. The molecule has 0 aromatic carbocycles. The van der Waals surface area contributed by atoms with Crippen molar-refractivity contribution in [2.45, 2.75) is 38.2 Å². The van der Waals surface area contributed by atoms with E-state index in [-0.39, 0.29) is 24.2 Å². The highest BCUT2D eigenvalue weighted by molar-refractivity contribution is 6.30. The third kappa shape index (κ3) is 4.41. The van der Waals surface area contributed by atoms with Gasteiger partial charge in [0.15, 0.2) is 0 Å². The third-order valence-corrected chi connectivity index (χ3v) is 4.91. The highest BCUT2D eigenvalue weighted by Crippen LogP contribution is 2.32. The van der Waals surface area contributed by atoms with E-state index in [0.717, 1.165) is 11.3 Å². The van der Waals surface area contributed by atoms with Crippen molar-refractivity contribution in [1.82, 2.24) is 14.8 Å². The van der Waals surface area contributed by atoms with Gasteiger partial charge in [-0.2, -0.15) is 0 Å². The summed E-state index contributed by atoms with van der Waals surface area (Å²) < 4.78 is 33.5. The van der Waals surface area contributed by atoms with Gasteiger partial charge in [-0.1, -0.05) is 18.5 Å². The Balaban J connectivity index is 1.70. The van der Waals surface area contributed by atoms with Crippen LogP contribution in [0, 0.1) is 5.92 Å². The molecule has 1 unspecified atom stereocenters. The largest absolute Gasteiger partial charge is 0.416 e. The molecule has 2 fully saturated rings. The van der Waals surface area contributed by atoms with E-state index >= 15 is 0 Å². The number of aromatic nitrogens is 1. The fraction of sp³-hybridized carbons (Fsp3) is 0.588. The molecule has 142 valence electrons. The number of nitrogens with zero attached hydrogens (tertiary/aromatic N) is 3. The number of halogens is 3. The van der Waals surface area contributed by atoms with Crippen molar-refractivity contribution in [3.63, 3.8) is 0 Å². The summed E-state index contributed by atoms with van der Waals surface area (Å²) in [4.78, 5) is 30.8. The summed E-state index contributed by atoms with van der Waals surface area (Å²) in [7, 11) is 0. The molecule has 1 aromatic heterocycles. The Morgan fingerprint density at radius 1 is 1.42 bits per heavy atom. The summed E-state index contributed by atoms with van der Waals surface area (Å²) in [6.07, 6.45) is 1.05. The molecule has 3 heterocycles. The molecule has 2 aliphatic rings. The lowest BCUT2D eigenvalue weighted by Gasteiger charge is -2.43. The third-order valence-electron chi connectivity index (χ3n) is 4.68. The van der Waals surface area contributed by atoms with E-state index in [1.165, 1.54) is 23.2 Å². The number of likely N-dealkylation sites (tertiary alicyclic amines) is 2. The zero-order valence-electron chi connectivity index (χ0n) is 14.3. The molecule has 26 heavy (non-hydrogen) atoms. The van der Waals surface area contributed by atoms with E-state index in [1.54, 1.807) is 0 Å². The Morgan fingerprint density at radius 3 is 2.85 bits per heavy atom. The van der Waals surface area contributed by atoms with Crippen LogP contribution in [0.5, 0.6) is 5.88 Å². The molecule has 0 aliphatic carbocycles. The Labute approximate surface area is 155 Å². The summed E-state index contributed by atoms with van der Waals surface area (Å²) in [6, 6.07) is 2.15. The highest BCUT2D eigenvalue weighted by Gasteiger charge is 2.46. The number of ether oxygens (including phenoxy) is 1. The molecule has 0 N–H and O–H groups in total. The Morgan fingerprint density at radius 2 is 2.19 bits per heavy atom. The second-order valence-electron chi connectivity index (χ2n) is 6.96. The smallest absolute Gasteiger partial charge is 0.391 e. The predicted molar refractivity (Wildman–Crippen MR) is 90.3 cm³/mol. The lowest BCUT2D eigenvalue weighted by atomic mass is 9.94. The van der Waals surface area contributed by atoms with Crippen molar-refractivity contribution in [2.24, 2.45) is 5.92 Å². The predicted octanol–water partition coefficient (Wildman–Crippen LogP) is 3.20. The van der Waals surface area contributed by atoms with E-state index in [0.29, 0.717) is 18.0 Å². The van der Waals surface area contributed by atoms with Gasteiger partial charge in [0, 0.05) is 38.2 Å². The fourth-order valence-corrected chi connectivity index (χ4v) is 3.50. The standard InChI is InChI=1S/C17H20ClF2N3O3/c1-11-4-5-23(15(24)6-11)13-7-17(19,20)10-22(9-13)16(25)26-14-3-2-12(18)8-21-14/h2-3,8,11,13H,4-7,9-10H2,1H3/t11?,13-/m1/s1. The number of hydrogen-bond donors (Lipinski definition) is 0. The summed E-state index contributed by atoms with van der Waals surface area (Å²) in [5.41, 5.74) is 0. The summed E-state index contributed by atoms with van der Waals surface area (Å²) in [6.45, 7) is 1.67. The average Bonchev–Trinajstić information content (AvgIpc) is 2.55. The number of hydrogen-bond acceptors (Lipinski definition) is 4. The van der Waals surface area contributed by atoms with Crippen LogP contribution < -0.4 is 4.74 Å². The van der Waals surface area contributed by atoms with Crippen LogP contribution in [0.2, 0.25) is 5.02 Å². The number of rotatable bonds is 2. The Bertz CT molecular complexity index is 686. The molecule has 2 amide bonds. The van der Waals surface area contributed by atoms with Crippen LogP contribution in [0.1, 0.15) is 26.2 Å². The van der Waals surface area contributed by atoms with Crippen molar-refractivity contribution in [2.75, 3.05) is 19.6 Å². The van der Waals surface area contributed by atoms with Crippen LogP contribution in [0.4, 0.5) is 13.6 Å². The van der Waals surface area contributed by atoms with Crippen LogP contribution in [0.3, 0.4) is 0 Å². The molecule has 2 aliphatic heterocycles. The van der Waals surface area contributed by atoms with Crippen LogP contribution in [0.25, 0.3) is 0 Å². The summed E-state index contributed by atoms with van der Waals surface area (Å²) in [5, 5.41) is 0.368. The van der Waals surface area contributed by atoms with Crippen molar-refractivity contribution >= 4 is 23.6 Å². The molecule has 2 saturated heterocycles. The first-order valence-corrected chi connectivity index (χ1v) is 8.87.